The lowest BCUT2D eigenvalue weighted by molar-refractivity contribution is -0.116. The first-order valence-electron chi connectivity index (χ1n) is 10.1. The second-order valence-corrected chi connectivity index (χ2v) is 7.07. The fraction of sp³-hybridized carbons (Fsp3) is 0.208. The molecule has 0 spiro atoms. The van der Waals surface area contributed by atoms with Gasteiger partial charge in [-0.05, 0) is 36.6 Å². The normalized spacial score (nSPS) is 10.4. The average molecular weight is 402 g/mol. The van der Waals surface area contributed by atoms with Gasteiger partial charge in [0.1, 0.15) is 0 Å². The van der Waals surface area contributed by atoms with Crippen LogP contribution in [-0.2, 0) is 9.59 Å². The van der Waals surface area contributed by atoms with E-state index < -0.39 is 0 Å². The van der Waals surface area contributed by atoms with Gasteiger partial charge in [-0.2, -0.15) is 0 Å². The molecule has 2 aromatic carbocycles. The zero-order valence-corrected chi connectivity index (χ0v) is 16.8. The first-order chi connectivity index (χ1) is 14.6. The number of benzene rings is 2. The van der Waals surface area contributed by atoms with E-state index in [4.69, 9.17) is 5.73 Å². The van der Waals surface area contributed by atoms with Crippen molar-refractivity contribution in [2.24, 2.45) is 0 Å². The van der Waals surface area contributed by atoms with E-state index in [0.29, 0.717) is 29.9 Å². The zero-order chi connectivity index (χ0) is 21.2. The maximum atomic E-state index is 12.2. The predicted octanol–water partition coefficient (Wildman–Crippen LogP) is 4.86. The van der Waals surface area contributed by atoms with E-state index in [1.165, 1.54) is 0 Å². The summed E-state index contributed by atoms with van der Waals surface area (Å²) in [5.41, 5.74) is 9.69. The van der Waals surface area contributed by atoms with Gasteiger partial charge in [-0.3, -0.25) is 14.6 Å². The van der Waals surface area contributed by atoms with E-state index in [1.807, 2.05) is 48.5 Å². The summed E-state index contributed by atoms with van der Waals surface area (Å²) in [6, 6.07) is 19.0. The number of nitrogens with zero attached hydrogens (tertiary/aromatic N) is 1. The number of amides is 2. The number of para-hydroxylation sites is 2. The number of nitrogen functional groups attached to an aromatic ring is 1. The van der Waals surface area contributed by atoms with Gasteiger partial charge in [0.05, 0.1) is 23.3 Å². The Morgan fingerprint density at radius 3 is 2.17 bits per heavy atom. The molecule has 0 unspecified atom stereocenters. The van der Waals surface area contributed by atoms with Crippen LogP contribution in [0.1, 0.15) is 32.1 Å². The molecule has 0 aliphatic rings. The molecule has 0 radical (unpaired) electrons. The van der Waals surface area contributed by atoms with Crippen molar-refractivity contribution in [1.29, 1.82) is 0 Å². The van der Waals surface area contributed by atoms with Crippen molar-refractivity contribution in [2.75, 3.05) is 16.4 Å². The molecule has 6 nitrogen and oxygen atoms in total. The van der Waals surface area contributed by atoms with E-state index in [-0.39, 0.29) is 11.8 Å². The Hall–Kier alpha value is -3.67. The molecule has 154 valence electrons. The zero-order valence-electron chi connectivity index (χ0n) is 16.8. The van der Waals surface area contributed by atoms with Crippen LogP contribution in [0.4, 0.5) is 17.1 Å². The molecular formula is C24H26N4O2. The molecule has 3 aromatic rings. The van der Waals surface area contributed by atoms with E-state index in [2.05, 4.69) is 15.6 Å². The van der Waals surface area contributed by atoms with Crippen LogP contribution in [0.25, 0.3) is 11.1 Å². The monoisotopic (exact) mass is 402 g/mol. The number of anilines is 3. The van der Waals surface area contributed by atoms with E-state index in [9.17, 15) is 9.59 Å². The quantitative estimate of drug-likeness (QED) is 0.352. The van der Waals surface area contributed by atoms with Crippen LogP contribution in [-0.4, -0.2) is 16.8 Å². The van der Waals surface area contributed by atoms with E-state index >= 15 is 0 Å². The van der Waals surface area contributed by atoms with Crippen molar-refractivity contribution in [3.63, 3.8) is 0 Å². The summed E-state index contributed by atoms with van der Waals surface area (Å²) >= 11 is 0. The first kappa shape index (κ1) is 21.0. The third-order valence-electron chi connectivity index (χ3n) is 4.67. The lowest BCUT2D eigenvalue weighted by atomic mass is 10.1. The van der Waals surface area contributed by atoms with Crippen molar-refractivity contribution < 1.29 is 9.59 Å². The molecule has 1 heterocycles. The summed E-state index contributed by atoms with van der Waals surface area (Å²) in [6.45, 7) is 0. The van der Waals surface area contributed by atoms with Crippen LogP contribution >= 0.6 is 0 Å². The summed E-state index contributed by atoms with van der Waals surface area (Å²) in [7, 11) is 0. The number of pyridine rings is 1. The summed E-state index contributed by atoms with van der Waals surface area (Å²) in [4.78, 5) is 28.4. The lowest BCUT2D eigenvalue weighted by Crippen LogP contribution is -2.13. The third kappa shape index (κ3) is 6.44. The molecule has 0 saturated carbocycles. The van der Waals surface area contributed by atoms with E-state index in [1.54, 1.807) is 24.5 Å². The Morgan fingerprint density at radius 1 is 0.767 bits per heavy atom. The smallest absolute Gasteiger partial charge is 0.224 e. The third-order valence-corrected chi connectivity index (χ3v) is 4.67. The summed E-state index contributed by atoms with van der Waals surface area (Å²) < 4.78 is 0. The molecule has 4 N–H and O–H groups in total. The van der Waals surface area contributed by atoms with Crippen LogP contribution in [0.5, 0.6) is 0 Å². The molecule has 1 aromatic heterocycles. The fourth-order valence-electron chi connectivity index (χ4n) is 3.09. The molecule has 0 aliphatic carbocycles. The Morgan fingerprint density at radius 2 is 1.43 bits per heavy atom. The molecule has 6 heteroatoms. The van der Waals surface area contributed by atoms with Crippen molar-refractivity contribution in [2.45, 2.75) is 32.1 Å². The topological polar surface area (TPSA) is 97.1 Å². The highest BCUT2D eigenvalue weighted by Crippen LogP contribution is 2.21. The molecule has 0 fully saturated rings. The number of carbonyl (C=O) groups excluding carboxylic acids is 2. The van der Waals surface area contributed by atoms with Gasteiger partial charge < -0.3 is 16.4 Å². The van der Waals surface area contributed by atoms with Crippen molar-refractivity contribution in [1.82, 2.24) is 4.98 Å². The van der Waals surface area contributed by atoms with Crippen LogP contribution in [0.3, 0.4) is 0 Å². The lowest BCUT2D eigenvalue weighted by Gasteiger charge is -2.08. The van der Waals surface area contributed by atoms with Crippen molar-refractivity contribution in [3.8, 4) is 11.1 Å². The standard InChI is InChI=1S/C24H26N4O2/c25-21-11-7-8-12-22(21)28-24(30)14-6-2-5-13-23(29)27-20-15-19(16-26-17-20)18-9-3-1-4-10-18/h1,3-4,7-12,15-17H,2,5-6,13-14,25H2,(H,27,29)(H,28,30). The molecule has 2 amide bonds. The number of nitrogens with one attached hydrogen (secondary N) is 2. The van der Waals surface area contributed by atoms with Crippen molar-refractivity contribution >= 4 is 28.9 Å². The number of carbonyl (C=O) groups is 2. The molecule has 0 bridgehead atoms. The maximum absolute atomic E-state index is 12.2. The molecule has 3 rings (SSSR count). The molecule has 0 aliphatic heterocycles. The fourth-order valence-corrected chi connectivity index (χ4v) is 3.09. The number of nitrogens with two attached hydrogens (primary N) is 1. The largest absolute Gasteiger partial charge is 0.397 e. The first-order valence-corrected chi connectivity index (χ1v) is 10.1. The van der Waals surface area contributed by atoms with Crippen LogP contribution < -0.4 is 16.4 Å². The summed E-state index contributed by atoms with van der Waals surface area (Å²) in [5, 5.41) is 5.71. The molecule has 30 heavy (non-hydrogen) atoms. The minimum absolute atomic E-state index is 0.0523. The Labute approximate surface area is 176 Å². The van der Waals surface area contributed by atoms with Crippen molar-refractivity contribution in [3.05, 3.63) is 73.1 Å². The number of rotatable bonds is 9. The number of unbranched alkanes of at least 4 members (excludes halogenated alkanes) is 2. The minimum atomic E-state index is -0.0684. The van der Waals surface area contributed by atoms with Gasteiger partial charge in [-0.1, -0.05) is 48.9 Å². The summed E-state index contributed by atoms with van der Waals surface area (Å²) in [6.07, 6.45) is 6.47. The Kier molecular flexibility index (Phi) is 7.55. The maximum Gasteiger partial charge on any atom is 0.224 e. The second kappa shape index (κ2) is 10.8. The highest BCUT2D eigenvalue weighted by atomic mass is 16.2. The average Bonchev–Trinajstić information content (AvgIpc) is 2.76. The molecular weight excluding hydrogens is 376 g/mol. The van der Waals surface area contributed by atoms with Gasteiger partial charge in [-0.25, -0.2) is 0 Å². The molecule has 0 atom stereocenters. The van der Waals surface area contributed by atoms with Gasteiger partial charge in [0.15, 0.2) is 0 Å². The Balaban J connectivity index is 1.36. The number of hydrogen-bond acceptors (Lipinski definition) is 4. The number of aromatic nitrogens is 1. The van der Waals surface area contributed by atoms with Gasteiger partial charge in [0.2, 0.25) is 11.8 Å². The van der Waals surface area contributed by atoms with E-state index in [0.717, 1.165) is 30.4 Å². The van der Waals surface area contributed by atoms with Gasteiger partial charge in [0.25, 0.3) is 0 Å². The van der Waals surface area contributed by atoms with Gasteiger partial charge in [-0.15, -0.1) is 0 Å². The van der Waals surface area contributed by atoms with Crippen LogP contribution in [0.2, 0.25) is 0 Å². The van der Waals surface area contributed by atoms with Gasteiger partial charge in [0, 0.05) is 24.6 Å². The molecule has 0 saturated heterocycles. The van der Waals surface area contributed by atoms with Crippen LogP contribution in [0, 0.1) is 0 Å². The van der Waals surface area contributed by atoms with Crippen LogP contribution in [0.15, 0.2) is 73.1 Å². The van der Waals surface area contributed by atoms with Gasteiger partial charge >= 0.3 is 0 Å². The second-order valence-electron chi connectivity index (χ2n) is 7.07. The highest BCUT2D eigenvalue weighted by molar-refractivity contribution is 5.93. The predicted molar refractivity (Wildman–Crippen MR) is 121 cm³/mol. The SMILES string of the molecule is Nc1ccccc1NC(=O)CCCCCC(=O)Nc1cncc(-c2ccccc2)c1. The number of hydrogen-bond donors (Lipinski definition) is 3. The minimum Gasteiger partial charge on any atom is -0.397 e. The Bertz CT molecular complexity index is 989. The highest BCUT2D eigenvalue weighted by Gasteiger charge is 2.07. The summed E-state index contributed by atoms with van der Waals surface area (Å²) in [5.74, 6) is -0.121.